The first-order valence-electron chi connectivity index (χ1n) is 34.2. The first kappa shape index (κ1) is 87.0. The number of aliphatic imine (C=N–C) groups is 4. The highest BCUT2D eigenvalue weighted by Crippen LogP contribution is 2.49. The topological polar surface area (TPSA) is 687 Å². The van der Waals surface area contributed by atoms with Gasteiger partial charge in [-0.25, -0.2) is 9.78 Å². The molecule has 582 valence electrons. The van der Waals surface area contributed by atoms with Crippen LogP contribution in [0.3, 0.4) is 0 Å². The molecule has 2 heterocycles. The number of carboxylic acid groups (broad SMARTS) is 2. The summed E-state index contributed by atoms with van der Waals surface area (Å²) >= 11 is 0. The van der Waals surface area contributed by atoms with E-state index < -0.39 is 161 Å². The minimum Gasteiger partial charge on any atom is -0.497 e. The molecule has 42 heteroatoms. The molecule has 4 rings (SSSR count). The van der Waals surface area contributed by atoms with Crippen molar-refractivity contribution < 1.29 is 72.5 Å². The number of methoxy groups -OCH3 is 1. The molecule has 1 aromatic heterocycles. The van der Waals surface area contributed by atoms with Crippen molar-refractivity contribution in [1.82, 2.24) is 63.1 Å². The molecule has 1 aromatic carbocycles. The molecule has 40 nitrogen and oxygen atoms in total. The summed E-state index contributed by atoms with van der Waals surface area (Å²) in [5, 5.41) is 46.6. The van der Waals surface area contributed by atoms with Crippen molar-refractivity contribution in [3.63, 3.8) is 0 Å². The zero-order chi connectivity index (χ0) is 77.8. The summed E-state index contributed by atoms with van der Waals surface area (Å²) in [5.74, 6) is -14.9. The Morgan fingerprint density at radius 1 is 0.648 bits per heavy atom. The van der Waals surface area contributed by atoms with Gasteiger partial charge in [0.2, 0.25) is 59.1 Å². The molecule has 0 bridgehead atoms. The number of carbonyl (C=O) groups is 12. The third-order valence-corrected chi connectivity index (χ3v) is 20.3. The van der Waals surface area contributed by atoms with Crippen molar-refractivity contribution in [2.45, 2.75) is 188 Å². The number of benzene rings is 1. The Kier molecular flexibility index (Phi) is 37.3. The molecule has 31 N–H and O–H groups in total. The van der Waals surface area contributed by atoms with Gasteiger partial charge in [0.05, 0.1) is 37.2 Å². The average Bonchev–Trinajstić information content (AvgIpc) is 0.891. The van der Waals surface area contributed by atoms with Gasteiger partial charge >= 0.3 is 11.9 Å². The maximum absolute atomic E-state index is 15.6. The van der Waals surface area contributed by atoms with Gasteiger partial charge < -0.3 is 125 Å². The van der Waals surface area contributed by atoms with Gasteiger partial charge in [0, 0.05) is 56.7 Å². The van der Waals surface area contributed by atoms with Crippen LogP contribution < -0.4 is 110 Å². The number of carbonyl (C=O) groups excluding carboxylic acids is 10. The molecule has 2 aromatic rings. The second-order valence-corrected chi connectivity index (χ2v) is 27.9. The van der Waals surface area contributed by atoms with E-state index in [1.807, 2.05) is 0 Å². The van der Waals surface area contributed by atoms with Crippen molar-refractivity contribution in [3.05, 3.63) is 48.0 Å². The van der Waals surface area contributed by atoms with Gasteiger partial charge in [-0.2, -0.15) is 0 Å². The van der Waals surface area contributed by atoms with Crippen molar-refractivity contribution >= 4 is 116 Å². The van der Waals surface area contributed by atoms with Crippen LogP contribution in [0, 0.1) is 5.92 Å². The molecule has 11 atom stereocenters. The fraction of sp³-hybridized carbons (Fsp3) is 0.603. The molecule has 1 aliphatic heterocycles. The number of aliphatic carboxylic acids is 2. The number of amides is 10. The highest BCUT2D eigenvalue weighted by molar-refractivity contribution is 8.77. The third kappa shape index (κ3) is 31.2. The minimum atomic E-state index is -1.96. The van der Waals surface area contributed by atoms with Crippen molar-refractivity contribution in [1.29, 1.82) is 0 Å². The number of rotatable bonds is 30. The number of carboxylic acids is 2. The van der Waals surface area contributed by atoms with Gasteiger partial charge in [-0.15, -0.1) is 0 Å². The Balaban J connectivity index is 2.02. The fourth-order valence-electron chi connectivity index (χ4n) is 11.1. The molecule has 0 radical (unpaired) electrons. The van der Waals surface area contributed by atoms with Crippen LogP contribution in [0.15, 0.2) is 56.8 Å². The van der Waals surface area contributed by atoms with E-state index in [9.17, 15) is 53.4 Å². The van der Waals surface area contributed by atoms with Crippen molar-refractivity contribution in [2.24, 2.45) is 77.5 Å². The second kappa shape index (κ2) is 45.0. The Labute approximate surface area is 614 Å². The highest BCUT2D eigenvalue weighted by atomic mass is 33.1. The molecule has 1 saturated carbocycles. The van der Waals surface area contributed by atoms with E-state index in [0.29, 0.717) is 36.3 Å². The molecule has 2 fully saturated rings. The molecule has 1 aliphatic carbocycles. The lowest BCUT2D eigenvalue weighted by Gasteiger charge is -2.43. The number of nitrogens with two attached hydrogens (primary N) is 9. The van der Waals surface area contributed by atoms with E-state index in [-0.39, 0.29) is 133 Å². The zero-order valence-electron chi connectivity index (χ0n) is 59.0. The maximum Gasteiger partial charge on any atom is 0.326 e. The first-order chi connectivity index (χ1) is 49.8. The summed E-state index contributed by atoms with van der Waals surface area (Å²) in [6.07, 6.45) is 2.86. The van der Waals surface area contributed by atoms with Crippen molar-refractivity contribution in [3.8, 4) is 5.75 Å². The number of aromatic amines is 1. The minimum absolute atomic E-state index is 0.0264. The van der Waals surface area contributed by atoms with Gasteiger partial charge in [0.15, 0.2) is 23.8 Å². The van der Waals surface area contributed by atoms with Crippen LogP contribution >= 0.6 is 21.6 Å². The largest absolute Gasteiger partial charge is 0.497 e. The molecular weight excluding hydrogens is 1410 g/mol. The smallest absolute Gasteiger partial charge is 0.326 e. The Hall–Kier alpha value is -10.4. The normalized spacial score (nSPS) is 22.1. The van der Waals surface area contributed by atoms with Gasteiger partial charge in [-0.3, -0.25) is 72.7 Å². The number of imidazole rings is 1. The number of H-pyrrole nitrogens is 1. The van der Waals surface area contributed by atoms with Crippen LogP contribution in [0.1, 0.15) is 121 Å². The number of aromatic nitrogens is 2. The first-order valence-corrected chi connectivity index (χ1v) is 36.5. The maximum atomic E-state index is 15.6. The number of hydrogen-bond donors (Lipinski definition) is 22. The van der Waals surface area contributed by atoms with Crippen LogP contribution in [-0.4, -0.2) is 226 Å². The number of guanidine groups is 4. The number of ether oxygens (including phenoxy) is 1. The molecule has 1 spiro atoms. The summed E-state index contributed by atoms with van der Waals surface area (Å²) < 4.78 is 3.97. The lowest BCUT2D eigenvalue weighted by molar-refractivity contribution is -0.142. The van der Waals surface area contributed by atoms with Gasteiger partial charge in [-0.05, 0) is 87.8 Å². The standard InChI is InChI=1S/C63H103N25O15S2/c1-4-33(2)47-56(99)85-42(27-35-29-73-32-79-35)53(96)81-38(13-9-23-75-60(67)68)50(93)78-30-45(89)80-43(28-46(90)91)54(97)84-41(26-34-16-18-36(103-3)19-17-34)52(95)82-39(14-10-24-76-61(69)70)51(94)86-44(55(98)83-40(58(101)102)15-11-25-77-62(71)72)31-104-105-63(20-6-5-7-21-63)48(57(100)87-47)88-49(92)37(64)12-8-22-74-59(65)66/h16-19,29,32-33,37-44,47-48H,4-15,20-28,30-31,64H2,1-3H3,(H,73,79)(H,78,93)(H,80,89)(H,81,96)(H,82,95)(H,83,98)(H,84,97)(H,85,99)(H,86,94)(H,87,100)(H,88,92)(H,90,91)(H,101,102)(H4,65,66,74)(H4,67,68,75)(H4,69,70,76)(H4,71,72,77)/t33-,37-,38-,39-,40-,41-,42-,43-,44-,47-,48?/m0/s1. The molecule has 2 aliphatic rings. The monoisotopic (exact) mass is 1510 g/mol. The summed E-state index contributed by atoms with van der Waals surface area (Å²) in [4.78, 5) is 196. The summed E-state index contributed by atoms with van der Waals surface area (Å²) in [7, 11) is 3.42. The molecular formula is C63H103N25O15S2. The van der Waals surface area contributed by atoms with Crippen LogP contribution in [-0.2, 0) is 70.4 Å². The highest BCUT2D eigenvalue weighted by Gasteiger charge is 2.48. The van der Waals surface area contributed by atoms with Crippen LogP contribution in [0.2, 0.25) is 0 Å². The molecule has 1 saturated heterocycles. The lowest BCUT2D eigenvalue weighted by atomic mass is 9.82. The summed E-state index contributed by atoms with van der Waals surface area (Å²) in [5.41, 5.74) is 51.8. The zero-order valence-corrected chi connectivity index (χ0v) is 60.7. The Bertz CT molecular complexity index is 3360. The lowest BCUT2D eigenvalue weighted by Crippen LogP contribution is -2.64. The van der Waals surface area contributed by atoms with E-state index in [2.05, 4.69) is 83.1 Å². The van der Waals surface area contributed by atoms with E-state index in [4.69, 9.17) is 56.3 Å². The Morgan fingerprint density at radius 3 is 1.70 bits per heavy atom. The van der Waals surface area contributed by atoms with Crippen LogP contribution in [0.5, 0.6) is 5.75 Å². The van der Waals surface area contributed by atoms with Gasteiger partial charge in [-0.1, -0.05) is 73.3 Å². The predicted octanol–water partition coefficient (Wildman–Crippen LogP) is -6.07. The van der Waals surface area contributed by atoms with E-state index >= 15 is 14.4 Å². The number of nitrogens with zero attached hydrogens (tertiary/aromatic N) is 5. The van der Waals surface area contributed by atoms with Crippen LogP contribution in [0.4, 0.5) is 0 Å². The van der Waals surface area contributed by atoms with Gasteiger partial charge in [0.25, 0.3) is 0 Å². The van der Waals surface area contributed by atoms with Crippen molar-refractivity contribution in [2.75, 3.05) is 45.6 Å². The molecule has 1 unspecified atom stereocenters. The molecule has 10 amide bonds. The number of nitrogens with one attached hydrogen (secondary N) is 11. The Morgan fingerprint density at radius 2 is 1.17 bits per heavy atom. The van der Waals surface area contributed by atoms with Crippen LogP contribution in [0.25, 0.3) is 0 Å². The average molecular weight is 1510 g/mol. The predicted molar refractivity (Wildman–Crippen MR) is 392 cm³/mol. The SMILES string of the molecule is CC[C@H](C)[C@@H]1NC(=O)C(NC(=O)[C@@H](N)CCCN=C(N)N)C2(CCCCC2)SSC[C@@H](C(=O)N[C@@H](CCCN=C(N)N)C(=O)O)NC(=O)[C@H](CCCN=C(N)N)NC(=O)[C@H](Cc2ccc(OC)cc2)NC(=O)[C@H](CC(=O)O)NC(=O)CNC(=O)[C@H](CCCN=C(N)N)NC(=O)[C@H](Cc2cnc[nH]2)NC1=O. The van der Waals surface area contributed by atoms with Gasteiger partial charge in [0.1, 0.15) is 60.1 Å². The quantitative estimate of drug-likeness (QED) is 0.0150. The second-order valence-electron chi connectivity index (χ2n) is 25.2. The molecule has 105 heavy (non-hydrogen) atoms. The fourth-order valence-corrected chi connectivity index (χ4v) is 14.6. The summed E-state index contributed by atoms with van der Waals surface area (Å²) in [6, 6.07) is -9.77. The van der Waals surface area contributed by atoms with E-state index in [0.717, 1.165) is 21.6 Å². The van der Waals surface area contributed by atoms with E-state index in [1.165, 1.54) is 19.6 Å². The number of hydrogen-bond acceptors (Lipinski definition) is 21. The van der Waals surface area contributed by atoms with E-state index in [1.54, 1.807) is 38.1 Å². The summed E-state index contributed by atoms with van der Waals surface area (Å²) in [6.45, 7) is 2.36. The third-order valence-electron chi connectivity index (χ3n) is 17.0.